The maximum Gasteiger partial charge on any atom is 0.136 e. The SMILES string of the molecule is C[C@H](N[S@+]([O-])C(C)(C)C)c1ccc(-c2ccccc2)cc1. The van der Waals surface area contributed by atoms with Crippen LogP contribution in [0.3, 0.4) is 0 Å². The molecule has 0 unspecified atom stereocenters. The lowest BCUT2D eigenvalue weighted by Crippen LogP contribution is -2.40. The highest BCUT2D eigenvalue weighted by Crippen LogP contribution is 2.23. The summed E-state index contributed by atoms with van der Waals surface area (Å²) in [6, 6.07) is 18.8. The van der Waals surface area contributed by atoms with Gasteiger partial charge in [-0.2, -0.15) is 0 Å². The first kappa shape index (κ1) is 16.1. The summed E-state index contributed by atoms with van der Waals surface area (Å²) in [7, 11) is 0. The molecule has 0 saturated carbocycles. The van der Waals surface area contributed by atoms with E-state index in [0.29, 0.717) is 0 Å². The second-order valence-electron chi connectivity index (χ2n) is 6.21. The predicted octanol–water partition coefficient (Wildman–Crippen LogP) is 4.47. The molecule has 3 heteroatoms. The number of hydrogen-bond donors (Lipinski definition) is 1. The molecule has 0 spiro atoms. The molecule has 2 nitrogen and oxygen atoms in total. The van der Waals surface area contributed by atoms with E-state index in [1.165, 1.54) is 11.1 Å². The lowest BCUT2D eigenvalue weighted by atomic mass is 10.0. The van der Waals surface area contributed by atoms with E-state index >= 15 is 0 Å². The fraction of sp³-hybridized carbons (Fsp3) is 0.333. The molecule has 1 N–H and O–H groups in total. The molecule has 21 heavy (non-hydrogen) atoms. The summed E-state index contributed by atoms with van der Waals surface area (Å²) < 4.78 is 15.1. The Labute approximate surface area is 130 Å². The Morgan fingerprint density at radius 2 is 1.43 bits per heavy atom. The molecule has 2 rings (SSSR count). The molecule has 2 aromatic rings. The molecular formula is C18H23NOS. The van der Waals surface area contributed by atoms with Crippen molar-refractivity contribution in [2.24, 2.45) is 0 Å². The van der Waals surface area contributed by atoms with E-state index < -0.39 is 11.4 Å². The number of benzene rings is 2. The Hall–Kier alpha value is -1.29. The van der Waals surface area contributed by atoms with Crippen LogP contribution in [0, 0.1) is 0 Å². The van der Waals surface area contributed by atoms with Crippen molar-refractivity contribution >= 4 is 11.4 Å². The zero-order valence-corrected chi connectivity index (χ0v) is 13.9. The molecular weight excluding hydrogens is 278 g/mol. The van der Waals surface area contributed by atoms with E-state index in [-0.39, 0.29) is 10.8 Å². The van der Waals surface area contributed by atoms with E-state index in [2.05, 4.69) is 41.1 Å². The first-order valence-electron chi connectivity index (χ1n) is 7.21. The highest BCUT2D eigenvalue weighted by molar-refractivity contribution is 7.90. The third-order valence-corrected chi connectivity index (χ3v) is 5.04. The van der Waals surface area contributed by atoms with Gasteiger partial charge in [0.2, 0.25) is 0 Å². The van der Waals surface area contributed by atoms with Gasteiger partial charge in [-0.3, -0.25) is 0 Å². The van der Waals surface area contributed by atoms with Gasteiger partial charge >= 0.3 is 0 Å². The summed E-state index contributed by atoms with van der Waals surface area (Å²) in [5, 5.41) is 0. The molecule has 0 aliphatic rings. The Balaban J connectivity index is 2.09. The van der Waals surface area contributed by atoms with E-state index in [1.807, 2.05) is 45.9 Å². The van der Waals surface area contributed by atoms with Gasteiger partial charge in [0.1, 0.15) is 4.75 Å². The van der Waals surface area contributed by atoms with Gasteiger partial charge in [-0.25, -0.2) is 0 Å². The molecule has 0 heterocycles. The van der Waals surface area contributed by atoms with Crippen LogP contribution in [0.4, 0.5) is 0 Å². The monoisotopic (exact) mass is 301 g/mol. The van der Waals surface area contributed by atoms with Crippen molar-refractivity contribution in [3.05, 3.63) is 60.2 Å². The van der Waals surface area contributed by atoms with Gasteiger partial charge in [-0.05, 0) is 44.4 Å². The van der Waals surface area contributed by atoms with Gasteiger partial charge < -0.3 is 4.55 Å². The first-order valence-corrected chi connectivity index (χ1v) is 8.36. The van der Waals surface area contributed by atoms with Crippen molar-refractivity contribution in [2.45, 2.75) is 38.5 Å². The number of hydrogen-bond acceptors (Lipinski definition) is 2. The van der Waals surface area contributed by atoms with E-state index in [0.717, 1.165) is 5.56 Å². The second kappa shape index (κ2) is 6.65. The van der Waals surface area contributed by atoms with Crippen LogP contribution in [0.1, 0.15) is 39.3 Å². The van der Waals surface area contributed by atoms with Crippen LogP contribution in [-0.2, 0) is 11.4 Å². The van der Waals surface area contributed by atoms with Crippen molar-refractivity contribution < 1.29 is 4.55 Å². The molecule has 0 aromatic heterocycles. The van der Waals surface area contributed by atoms with Gasteiger partial charge in [-0.1, -0.05) is 54.6 Å². The highest BCUT2D eigenvalue weighted by atomic mass is 32.2. The summed E-state index contributed by atoms with van der Waals surface area (Å²) in [5.41, 5.74) is 3.55. The van der Waals surface area contributed by atoms with Gasteiger partial charge in [0, 0.05) is 11.4 Å². The molecule has 0 amide bonds. The molecule has 0 fully saturated rings. The smallest absolute Gasteiger partial charge is 0.136 e. The largest absolute Gasteiger partial charge is 0.598 e. The summed E-state index contributed by atoms with van der Waals surface area (Å²) in [4.78, 5) is 0. The zero-order chi connectivity index (χ0) is 15.5. The summed E-state index contributed by atoms with van der Waals surface area (Å²) >= 11 is -1.06. The van der Waals surface area contributed by atoms with Gasteiger partial charge in [0.15, 0.2) is 0 Å². The van der Waals surface area contributed by atoms with Crippen LogP contribution < -0.4 is 4.72 Å². The van der Waals surface area contributed by atoms with Crippen LogP contribution in [0.15, 0.2) is 54.6 Å². The molecule has 2 aromatic carbocycles. The number of nitrogens with one attached hydrogen (secondary N) is 1. The molecule has 0 saturated heterocycles. The van der Waals surface area contributed by atoms with Crippen LogP contribution in [0.5, 0.6) is 0 Å². The van der Waals surface area contributed by atoms with Crippen molar-refractivity contribution in [3.63, 3.8) is 0 Å². The number of rotatable bonds is 4. The fourth-order valence-corrected chi connectivity index (χ4v) is 2.81. The summed E-state index contributed by atoms with van der Waals surface area (Å²) in [6.45, 7) is 7.96. The predicted molar refractivity (Wildman–Crippen MR) is 91.3 cm³/mol. The van der Waals surface area contributed by atoms with Crippen molar-refractivity contribution in [1.29, 1.82) is 0 Å². The first-order chi connectivity index (χ1) is 9.88. The Kier molecular flexibility index (Phi) is 5.09. The Morgan fingerprint density at radius 3 is 1.95 bits per heavy atom. The van der Waals surface area contributed by atoms with Crippen LogP contribution in [0.25, 0.3) is 11.1 Å². The average molecular weight is 301 g/mol. The van der Waals surface area contributed by atoms with E-state index in [9.17, 15) is 4.55 Å². The average Bonchev–Trinajstić information content (AvgIpc) is 2.47. The molecule has 0 bridgehead atoms. The summed E-state index contributed by atoms with van der Waals surface area (Å²) in [6.07, 6.45) is 0. The van der Waals surface area contributed by atoms with Crippen molar-refractivity contribution in [3.8, 4) is 11.1 Å². The van der Waals surface area contributed by atoms with Gasteiger partial charge in [0.25, 0.3) is 0 Å². The fourth-order valence-electron chi connectivity index (χ4n) is 2.00. The quantitative estimate of drug-likeness (QED) is 0.846. The van der Waals surface area contributed by atoms with Crippen LogP contribution in [-0.4, -0.2) is 9.30 Å². The molecule has 0 aliphatic carbocycles. The Morgan fingerprint density at radius 1 is 0.905 bits per heavy atom. The zero-order valence-electron chi connectivity index (χ0n) is 13.1. The highest BCUT2D eigenvalue weighted by Gasteiger charge is 2.28. The molecule has 0 radical (unpaired) electrons. The van der Waals surface area contributed by atoms with E-state index in [1.54, 1.807) is 0 Å². The normalized spacial score (nSPS) is 14.7. The summed E-state index contributed by atoms with van der Waals surface area (Å²) in [5.74, 6) is 0. The van der Waals surface area contributed by atoms with Gasteiger partial charge in [-0.15, -0.1) is 4.72 Å². The maximum absolute atomic E-state index is 12.1. The standard InChI is InChI=1S/C18H23NOS/c1-14(19-21(20)18(2,3)4)15-10-12-17(13-11-15)16-8-6-5-7-9-16/h5-14,19H,1-4H3/t14-,21+/m0/s1. The molecule has 2 atom stereocenters. The minimum absolute atomic E-state index is 0.0647. The lowest BCUT2D eigenvalue weighted by molar-refractivity contribution is 0.531. The molecule has 0 aliphatic heterocycles. The maximum atomic E-state index is 12.1. The van der Waals surface area contributed by atoms with Crippen molar-refractivity contribution in [1.82, 2.24) is 4.72 Å². The minimum Gasteiger partial charge on any atom is -0.598 e. The minimum atomic E-state index is -1.06. The lowest BCUT2D eigenvalue weighted by Gasteiger charge is -2.26. The molecule has 112 valence electrons. The Bertz CT molecular complexity index is 560. The van der Waals surface area contributed by atoms with Crippen molar-refractivity contribution in [2.75, 3.05) is 0 Å². The van der Waals surface area contributed by atoms with Crippen LogP contribution >= 0.6 is 0 Å². The topological polar surface area (TPSA) is 35.1 Å². The van der Waals surface area contributed by atoms with E-state index in [4.69, 9.17) is 0 Å². The van der Waals surface area contributed by atoms with Gasteiger partial charge in [0.05, 0.1) is 6.04 Å². The third-order valence-electron chi connectivity index (χ3n) is 3.36. The van der Waals surface area contributed by atoms with Crippen LogP contribution in [0.2, 0.25) is 0 Å². The third kappa shape index (κ3) is 4.34. The second-order valence-corrected chi connectivity index (χ2v) is 8.21.